The van der Waals surface area contributed by atoms with Gasteiger partial charge in [-0.15, -0.1) is 0 Å². The van der Waals surface area contributed by atoms with Crippen LogP contribution in [0.1, 0.15) is 37.7 Å². The van der Waals surface area contributed by atoms with Crippen LogP contribution in [0.5, 0.6) is 0 Å². The molecule has 2 rings (SSSR count). The minimum absolute atomic E-state index is 0.0996. The molecule has 20 heavy (non-hydrogen) atoms. The first kappa shape index (κ1) is 15.1. The van der Waals surface area contributed by atoms with E-state index >= 15 is 0 Å². The summed E-state index contributed by atoms with van der Waals surface area (Å²) in [5, 5.41) is 0. The van der Waals surface area contributed by atoms with Crippen molar-refractivity contribution in [2.75, 3.05) is 17.5 Å². The van der Waals surface area contributed by atoms with E-state index in [1.165, 1.54) is 10.7 Å². The van der Waals surface area contributed by atoms with Crippen LogP contribution in [0, 0.1) is 6.92 Å². The molecule has 0 atom stereocenters. The molecule has 0 aromatic heterocycles. The van der Waals surface area contributed by atoms with Gasteiger partial charge in [-0.05, 0) is 37.5 Å². The summed E-state index contributed by atoms with van der Waals surface area (Å²) in [6.45, 7) is 1.81. The van der Waals surface area contributed by atoms with Crippen molar-refractivity contribution in [3.63, 3.8) is 0 Å². The summed E-state index contributed by atoms with van der Waals surface area (Å²) >= 11 is 0. The lowest BCUT2D eigenvalue weighted by Crippen LogP contribution is -2.41. The third kappa shape index (κ3) is 3.24. The fourth-order valence-corrected chi connectivity index (χ4v) is 3.86. The summed E-state index contributed by atoms with van der Waals surface area (Å²) in [4.78, 5) is 0. The van der Waals surface area contributed by atoms with Crippen LogP contribution >= 0.6 is 0 Å². The number of hydrogen-bond acceptors (Lipinski definition) is 3. The van der Waals surface area contributed by atoms with Crippen LogP contribution in [0.15, 0.2) is 18.2 Å². The number of benzene rings is 1. The molecule has 3 N–H and O–H groups in total. The maximum atomic E-state index is 12.4. The second-order valence-corrected chi connectivity index (χ2v) is 7.17. The van der Waals surface area contributed by atoms with Gasteiger partial charge in [0.1, 0.15) is 0 Å². The van der Waals surface area contributed by atoms with Gasteiger partial charge in [-0.1, -0.05) is 25.3 Å². The van der Waals surface area contributed by atoms with Crippen LogP contribution in [0.4, 0.5) is 11.4 Å². The first-order valence-electron chi connectivity index (χ1n) is 7.02. The van der Waals surface area contributed by atoms with E-state index in [9.17, 15) is 8.42 Å². The predicted molar refractivity (Wildman–Crippen MR) is 82.8 cm³/mol. The summed E-state index contributed by atoms with van der Waals surface area (Å²) in [6.07, 6.45) is 5.27. The molecule has 0 radical (unpaired) electrons. The van der Waals surface area contributed by atoms with E-state index in [1.807, 2.05) is 6.92 Å². The molecule has 1 saturated carbocycles. The Morgan fingerprint density at radius 1 is 1.25 bits per heavy atom. The summed E-state index contributed by atoms with van der Waals surface area (Å²) in [6, 6.07) is 5.35. The molecular formula is C14H23N3O2S. The predicted octanol–water partition coefficient (Wildman–Crippen LogP) is 2.50. The standard InChI is InChI=1S/C14H23N3O2S/c1-11-13(15)9-6-10-14(11)16-20(18,19)17(2)12-7-4-3-5-8-12/h6,9-10,12,16H,3-5,7-8,15H2,1-2H3. The van der Waals surface area contributed by atoms with Gasteiger partial charge in [-0.3, -0.25) is 4.72 Å². The van der Waals surface area contributed by atoms with Gasteiger partial charge in [0, 0.05) is 18.8 Å². The average Bonchev–Trinajstić information content (AvgIpc) is 2.44. The normalized spacial score (nSPS) is 17.4. The van der Waals surface area contributed by atoms with Crippen molar-refractivity contribution >= 4 is 21.6 Å². The Morgan fingerprint density at radius 2 is 1.90 bits per heavy atom. The molecule has 112 valence electrons. The van der Waals surface area contributed by atoms with Crippen LogP contribution in [0.3, 0.4) is 0 Å². The Kier molecular flexibility index (Phi) is 4.55. The monoisotopic (exact) mass is 297 g/mol. The molecule has 0 bridgehead atoms. The van der Waals surface area contributed by atoms with Crippen molar-refractivity contribution in [2.45, 2.75) is 45.1 Å². The lowest BCUT2D eigenvalue weighted by Gasteiger charge is -2.30. The van der Waals surface area contributed by atoms with Crippen LogP contribution in [0.2, 0.25) is 0 Å². The van der Waals surface area contributed by atoms with Crippen LogP contribution in [0.25, 0.3) is 0 Å². The number of nitrogens with two attached hydrogens (primary N) is 1. The average molecular weight is 297 g/mol. The molecule has 1 aromatic rings. The van der Waals surface area contributed by atoms with Crippen LogP contribution < -0.4 is 10.5 Å². The van der Waals surface area contributed by atoms with E-state index in [0.29, 0.717) is 11.4 Å². The number of nitrogens with zero attached hydrogens (tertiary/aromatic N) is 1. The molecule has 0 amide bonds. The second kappa shape index (κ2) is 6.01. The van der Waals surface area contributed by atoms with Gasteiger partial charge < -0.3 is 5.73 Å². The number of nitrogens with one attached hydrogen (secondary N) is 1. The molecule has 1 aliphatic carbocycles. The Morgan fingerprint density at radius 3 is 2.55 bits per heavy atom. The van der Waals surface area contributed by atoms with Crippen molar-refractivity contribution < 1.29 is 8.42 Å². The summed E-state index contributed by atoms with van der Waals surface area (Å²) in [5.41, 5.74) is 7.70. The second-order valence-electron chi connectivity index (χ2n) is 5.43. The Hall–Kier alpha value is -1.27. The first-order valence-corrected chi connectivity index (χ1v) is 8.46. The highest BCUT2D eigenvalue weighted by atomic mass is 32.2. The van der Waals surface area contributed by atoms with Crippen molar-refractivity contribution in [2.24, 2.45) is 0 Å². The summed E-state index contributed by atoms with van der Waals surface area (Å²) < 4.78 is 29.0. The largest absolute Gasteiger partial charge is 0.398 e. The molecule has 1 fully saturated rings. The van der Waals surface area contributed by atoms with E-state index in [1.54, 1.807) is 25.2 Å². The number of nitrogen functional groups attached to an aromatic ring is 1. The minimum Gasteiger partial charge on any atom is -0.398 e. The lowest BCUT2D eigenvalue weighted by atomic mass is 9.96. The highest BCUT2D eigenvalue weighted by Gasteiger charge is 2.27. The van der Waals surface area contributed by atoms with E-state index in [4.69, 9.17) is 5.73 Å². The fourth-order valence-electron chi connectivity index (χ4n) is 2.62. The van der Waals surface area contributed by atoms with Gasteiger partial charge in [0.15, 0.2) is 0 Å². The topological polar surface area (TPSA) is 75.4 Å². The molecule has 0 spiro atoms. The zero-order chi connectivity index (χ0) is 14.8. The highest BCUT2D eigenvalue weighted by molar-refractivity contribution is 7.90. The third-order valence-corrected chi connectivity index (χ3v) is 5.62. The molecule has 0 unspecified atom stereocenters. The Balaban J connectivity index is 2.15. The maximum absolute atomic E-state index is 12.4. The molecule has 0 saturated heterocycles. The highest BCUT2D eigenvalue weighted by Crippen LogP contribution is 2.26. The SMILES string of the molecule is Cc1c(N)cccc1NS(=O)(=O)N(C)C1CCCCC1. The quantitative estimate of drug-likeness (QED) is 0.838. The zero-order valence-corrected chi connectivity index (χ0v) is 12.9. The third-order valence-electron chi connectivity index (χ3n) is 4.08. The Bertz CT molecular complexity index is 566. The van der Waals surface area contributed by atoms with Gasteiger partial charge in [0.25, 0.3) is 0 Å². The van der Waals surface area contributed by atoms with Crippen LogP contribution in [-0.4, -0.2) is 25.8 Å². The lowest BCUT2D eigenvalue weighted by molar-refractivity contribution is 0.287. The van der Waals surface area contributed by atoms with E-state index in [-0.39, 0.29) is 6.04 Å². The fraction of sp³-hybridized carbons (Fsp3) is 0.571. The number of anilines is 2. The molecule has 0 aliphatic heterocycles. The van der Waals surface area contributed by atoms with E-state index in [0.717, 1.165) is 31.2 Å². The van der Waals surface area contributed by atoms with Gasteiger partial charge in [0.2, 0.25) is 0 Å². The molecule has 1 aliphatic rings. The van der Waals surface area contributed by atoms with Crippen molar-refractivity contribution in [3.8, 4) is 0 Å². The number of rotatable bonds is 4. The van der Waals surface area contributed by atoms with Crippen LogP contribution in [-0.2, 0) is 10.2 Å². The first-order chi connectivity index (χ1) is 9.42. The van der Waals surface area contributed by atoms with Crippen molar-refractivity contribution in [1.82, 2.24) is 4.31 Å². The van der Waals surface area contributed by atoms with E-state index < -0.39 is 10.2 Å². The summed E-state index contributed by atoms with van der Waals surface area (Å²) in [5.74, 6) is 0. The Labute approximate surface area is 121 Å². The molecule has 5 nitrogen and oxygen atoms in total. The number of hydrogen-bond donors (Lipinski definition) is 2. The molecular weight excluding hydrogens is 274 g/mol. The minimum atomic E-state index is -3.52. The van der Waals surface area contributed by atoms with Gasteiger partial charge >= 0.3 is 10.2 Å². The van der Waals surface area contributed by atoms with E-state index in [2.05, 4.69) is 4.72 Å². The molecule has 1 aromatic carbocycles. The van der Waals surface area contributed by atoms with Gasteiger partial charge in [-0.25, -0.2) is 0 Å². The maximum Gasteiger partial charge on any atom is 0.301 e. The molecule has 0 heterocycles. The van der Waals surface area contributed by atoms with Crippen molar-refractivity contribution in [3.05, 3.63) is 23.8 Å². The van der Waals surface area contributed by atoms with Gasteiger partial charge in [-0.2, -0.15) is 12.7 Å². The van der Waals surface area contributed by atoms with Crippen molar-refractivity contribution in [1.29, 1.82) is 0 Å². The summed E-state index contributed by atoms with van der Waals surface area (Å²) in [7, 11) is -1.87. The molecule has 6 heteroatoms. The smallest absolute Gasteiger partial charge is 0.301 e. The zero-order valence-electron chi connectivity index (χ0n) is 12.1. The van der Waals surface area contributed by atoms with Gasteiger partial charge in [0.05, 0.1) is 5.69 Å².